The Balaban J connectivity index is 1.74. The van der Waals surface area contributed by atoms with Crippen LogP contribution in [0.25, 0.3) is 0 Å². The number of rotatable bonds is 6. The molecule has 2 heterocycles. The predicted molar refractivity (Wildman–Crippen MR) is 105 cm³/mol. The number of carbonyl (C=O) groups is 1. The molecule has 1 aromatic rings. The van der Waals surface area contributed by atoms with Gasteiger partial charge in [0, 0.05) is 39.3 Å². The molecule has 0 spiro atoms. The second kappa shape index (κ2) is 9.21. The lowest BCUT2D eigenvalue weighted by Crippen LogP contribution is -2.47. The molecule has 0 radical (unpaired) electrons. The first-order valence-electron chi connectivity index (χ1n) is 9.79. The Kier molecular flexibility index (Phi) is 6.92. The third kappa shape index (κ3) is 4.65. The van der Waals surface area contributed by atoms with E-state index in [-0.39, 0.29) is 0 Å². The van der Waals surface area contributed by atoms with Crippen molar-refractivity contribution in [2.75, 3.05) is 46.4 Å². The van der Waals surface area contributed by atoms with Gasteiger partial charge in [-0.2, -0.15) is 17.0 Å². The number of benzene rings is 1. The zero-order valence-electron chi connectivity index (χ0n) is 16.3. The first-order valence-corrected chi connectivity index (χ1v) is 11.2. The van der Waals surface area contributed by atoms with Crippen LogP contribution in [0.3, 0.4) is 0 Å². The molecule has 1 aromatic carbocycles. The Morgan fingerprint density at radius 2 is 1.68 bits per heavy atom. The molecule has 9 heteroatoms. The van der Waals surface area contributed by atoms with Crippen molar-refractivity contribution in [2.45, 2.75) is 31.7 Å². The number of ether oxygens (including phenoxy) is 1. The fourth-order valence-corrected chi connectivity index (χ4v) is 5.70. The van der Waals surface area contributed by atoms with Crippen molar-refractivity contribution in [3.8, 4) is 5.75 Å². The molecule has 8 nitrogen and oxygen atoms in total. The van der Waals surface area contributed by atoms with Gasteiger partial charge in [0.05, 0.1) is 7.11 Å². The van der Waals surface area contributed by atoms with Crippen LogP contribution in [0, 0.1) is 0 Å². The highest BCUT2D eigenvalue weighted by Crippen LogP contribution is 2.27. The molecular formula is C19H29N3O5S. The van der Waals surface area contributed by atoms with Gasteiger partial charge in [-0.25, -0.2) is 0 Å². The van der Waals surface area contributed by atoms with E-state index in [1.807, 2.05) is 4.90 Å². The molecule has 0 amide bonds. The largest absolute Gasteiger partial charge is 0.497 e. The van der Waals surface area contributed by atoms with Gasteiger partial charge in [-0.05, 0) is 37.0 Å². The van der Waals surface area contributed by atoms with E-state index < -0.39 is 22.2 Å². The quantitative estimate of drug-likeness (QED) is 0.764. The summed E-state index contributed by atoms with van der Waals surface area (Å²) in [4.78, 5) is 13.9. The van der Waals surface area contributed by atoms with Gasteiger partial charge in [0.15, 0.2) is 0 Å². The summed E-state index contributed by atoms with van der Waals surface area (Å²) in [6.07, 6.45) is 3.47. The van der Waals surface area contributed by atoms with Gasteiger partial charge < -0.3 is 9.84 Å². The van der Waals surface area contributed by atoms with Gasteiger partial charge in [-0.15, -0.1) is 0 Å². The number of piperidine rings is 1. The monoisotopic (exact) mass is 411 g/mol. The molecule has 1 unspecified atom stereocenters. The minimum atomic E-state index is -3.48. The highest BCUT2D eigenvalue weighted by molar-refractivity contribution is 7.86. The van der Waals surface area contributed by atoms with Crippen molar-refractivity contribution in [3.05, 3.63) is 29.8 Å². The molecule has 1 N–H and O–H groups in total. The predicted octanol–water partition coefficient (Wildman–Crippen LogP) is 1.56. The normalized spacial score (nSPS) is 21.8. The smallest absolute Gasteiger partial charge is 0.325 e. The summed E-state index contributed by atoms with van der Waals surface area (Å²) < 4.78 is 34.2. The molecule has 0 saturated carbocycles. The molecule has 0 aliphatic carbocycles. The van der Waals surface area contributed by atoms with Gasteiger partial charge in [-0.3, -0.25) is 9.69 Å². The van der Waals surface area contributed by atoms with Crippen LogP contribution in [0.4, 0.5) is 0 Å². The number of methoxy groups -OCH3 is 1. The molecule has 2 aliphatic rings. The minimum absolute atomic E-state index is 0.298. The average Bonchev–Trinajstić information content (AvgIpc) is 2.95. The third-order valence-corrected chi connectivity index (χ3v) is 7.50. The molecular weight excluding hydrogens is 382 g/mol. The summed E-state index contributed by atoms with van der Waals surface area (Å²) in [5.74, 6) is -0.339. The molecule has 3 rings (SSSR count). The fourth-order valence-electron chi connectivity index (χ4n) is 3.98. The standard InChI is InChI=1S/C19H29N3O5S/c1-27-17-8-5-7-16(15-17)18(19(23)24)20-9-6-12-22(14-13-20)28(25,26)21-10-3-2-4-11-21/h5,7-8,15,18H,2-4,6,9-14H2,1H3,(H,23,24). The van der Waals surface area contributed by atoms with Gasteiger partial charge >= 0.3 is 5.97 Å². The molecule has 28 heavy (non-hydrogen) atoms. The van der Waals surface area contributed by atoms with Gasteiger partial charge in [0.1, 0.15) is 11.8 Å². The SMILES string of the molecule is COc1cccc(C(C(=O)O)N2CCCN(S(=O)(=O)N3CCCCC3)CC2)c1. The summed E-state index contributed by atoms with van der Waals surface area (Å²) in [6, 6.07) is 6.22. The lowest BCUT2D eigenvalue weighted by Gasteiger charge is -2.32. The number of hydrogen-bond donors (Lipinski definition) is 1. The van der Waals surface area contributed by atoms with Crippen LogP contribution < -0.4 is 4.74 Å². The van der Waals surface area contributed by atoms with Crippen LogP contribution >= 0.6 is 0 Å². The molecule has 0 bridgehead atoms. The summed E-state index contributed by atoms with van der Waals surface area (Å²) in [7, 11) is -1.93. The van der Waals surface area contributed by atoms with E-state index in [4.69, 9.17) is 4.74 Å². The number of hydrogen-bond acceptors (Lipinski definition) is 5. The fraction of sp³-hybridized carbons (Fsp3) is 0.632. The average molecular weight is 412 g/mol. The highest BCUT2D eigenvalue weighted by Gasteiger charge is 2.35. The number of nitrogens with zero attached hydrogens (tertiary/aromatic N) is 3. The molecule has 2 saturated heterocycles. The van der Waals surface area contributed by atoms with E-state index in [0.717, 1.165) is 19.3 Å². The lowest BCUT2D eigenvalue weighted by atomic mass is 10.0. The highest BCUT2D eigenvalue weighted by atomic mass is 32.2. The first-order chi connectivity index (χ1) is 13.4. The summed E-state index contributed by atoms with van der Waals surface area (Å²) >= 11 is 0. The number of carboxylic acid groups (broad SMARTS) is 1. The maximum Gasteiger partial charge on any atom is 0.325 e. The van der Waals surface area contributed by atoms with Crippen molar-refractivity contribution >= 4 is 16.2 Å². The Labute approximate surface area is 166 Å². The van der Waals surface area contributed by atoms with E-state index in [0.29, 0.717) is 57.0 Å². The Morgan fingerprint density at radius 3 is 2.36 bits per heavy atom. The van der Waals surface area contributed by atoms with E-state index in [1.54, 1.807) is 35.7 Å². The van der Waals surface area contributed by atoms with Crippen molar-refractivity contribution in [2.24, 2.45) is 0 Å². The second-order valence-electron chi connectivity index (χ2n) is 7.27. The minimum Gasteiger partial charge on any atom is -0.497 e. The zero-order valence-corrected chi connectivity index (χ0v) is 17.1. The Bertz CT molecular complexity index is 780. The second-order valence-corrected chi connectivity index (χ2v) is 9.20. The van der Waals surface area contributed by atoms with Gasteiger partial charge in [0.25, 0.3) is 10.2 Å². The summed E-state index contributed by atoms with van der Waals surface area (Å²) in [6.45, 7) is 2.77. The lowest BCUT2D eigenvalue weighted by molar-refractivity contribution is -0.143. The van der Waals surface area contributed by atoms with Crippen LogP contribution in [0.2, 0.25) is 0 Å². The number of aliphatic carboxylic acids is 1. The van der Waals surface area contributed by atoms with Crippen LogP contribution in [0.5, 0.6) is 5.75 Å². The van der Waals surface area contributed by atoms with Gasteiger partial charge in [-0.1, -0.05) is 18.6 Å². The van der Waals surface area contributed by atoms with Crippen LogP contribution in [-0.4, -0.2) is 79.4 Å². The van der Waals surface area contributed by atoms with Crippen LogP contribution in [0.15, 0.2) is 24.3 Å². The summed E-state index contributed by atoms with van der Waals surface area (Å²) in [5.41, 5.74) is 0.638. The van der Waals surface area contributed by atoms with Gasteiger partial charge in [0.2, 0.25) is 0 Å². The molecule has 0 aromatic heterocycles. The van der Waals surface area contributed by atoms with Crippen molar-refractivity contribution < 1.29 is 23.1 Å². The third-order valence-electron chi connectivity index (χ3n) is 5.47. The first kappa shape index (κ1) is 21.0. The zero-order chi connectivity index (χ0) is 20.1. The molecule has 2 fully saturated rings. The van der Waals surface area contributed by atoms with E-state index in [1.165, 1.54) is 4.31 Å². The molecule has 156 valence electrons. The summed E-state index contributed by atoms with van der Waals surface area (Å²) in [5, 5.41) is 9.84. The number of carboxylic acids is 1. The van der Waals surface area contributed by atoms with Crippen molar-refractivity contribution in [3.63, 3.8) is 0 Å². The maximum atomic E-state index is 13.0. The molecule has 1 atom stereocenters. The van der Waals surface area contributed by atoms with E-state index in [9.17, 15) is 18.3 Å². The van der Waals surface area contributed by atoms with Crippen LogP contribution in [-0.2, 0) is 15.0 Å². The van der Waals surface area contributed by atoms with E-state index in [2.05, 4.69) is 0 Å². The maximum absolute atomic E-state index is 13.0. The van der Waals surface area contributed by atoms with Crippen LogP contribution in [0.1, 0.15) is 37.3 Å². The van der Waals surface area contributed by atoms with E-state index >= 15 is 0 Å². The Morgan fingerprint density at radius 1 is 1.00 bits per heavy atom. The Hall–Kier alpha value is -1.68. The van der Waals surface area contributed by atoms with Crippen molar-refractivity contribution in [1.29, 1.82) is 0 Å². The topological polar surface area (TPSA) is 90.4 Å². The molecule has 2 aliphatic heterocycles. The van der Waals surface area contributed by atoms with Crippen molar-refractivity contribution in [1.82, 2.24) is 13.5 Å².